The van der Waals surface area contributed by atoms with E-state index in [1.807, 2.05) is 0 Å². The molecular formula is C15H25N3O2S. The molecule has 4 N–H and O–H groups in total. The molecule has 1 aliphatic rings. The minimum Gasteiger partial charge on any atom is -0.397 e. The summed E-state index contributed by atoms with van der Waals surface area (Å²) in [6, 6.07) is 5.24. The predicted octanol–water partition coefficient (Wildman–Crippen LogP) is 2.41. The minimum absolute atomic E-state index is 0.193. The lowest BCUT2D eigenvalue weighted by molar-refractivity contribution is 0.253. The summed E-state index contributed by atoms with van der Waals surface area (Å²) >= 11 is 0. The fourth-order valence-electron chi connectivity index (χ4n) is 2.94. The van der Waals surface area contributed by atoms with Crippen LogP contribution < -0.4 is 15.8 Å². The second-order valence-corrected chi connectivity index (χ2v) is 7.86. The summed E-state index contributed by atoms with van der Waals surface area (Å²) in [6.07, 6.45) is 3.62. The van der Waals surface area contributed by atoms with Crippen molar-refractivity contribution in [2.75, 3.05) is 18.1 Å². The van der Waals surface area contributed by atoms with Gasteiger partial charge in [-0.05, 0) is 43.5 Å². The van der Waals surface area contributed by atoms with Crippen LogP contribution in [0.3, 0.4) is 0 Å². The SMILES string of the molecule is CNS(=O)(=O)c1ccc(NC2CCCC(C)C2C)c(N)c1. The maximum atomic E-state index is 11.8. The number of benzene rings is 1. The fraction of sp³-hybridized carbons (Fsp3) is 0.600. The third-order valence-electron chi connectivity index (χ3n) is 4.65. The maximum absolute atomic E-state index is 11.8. The lowest BCUT2D eigenvalue weighted by atomic mass is 9.78. The Kier molecular flexibility index (Phi) is 4.78. The topological polar surface area (TPSA) is 84.2 Å². The second-order valence-electron chi connectivity index (χ2n) is 5.97. The van der Waals surface area contributed by atoms with Gasteiger partial charge < -0.3 is 11.1 Å². The largest absolute Gasteiger partial charge is 0.397 e. The van der Waals surface area contributed by atoms with Gasteiger partial charge in [-0.3, -0.25) is 0 Å². The van der Waals surface area contributed by atoms with E-state index in [1.54, 1.807) is 12.1 Å². The van der Waals surface area contributed by atoms with Gasteiger partial charge in [0, 0.05) is 6.04 Å². The first-order valence-corrected chi connectivity index (χ1v) is 8.93. The molecule has 5 nitrogen and oxygen atoms in total. The Labute approximate surface area is 127 Å². The molecule has 21 heavy (non-hydrogen) atoms. The quantitative estimate of drug-likeness (QED) is 0.746. The lowest BCUT2D eigenvalue weighted by Gasteiger charge is -2.35. The average Bonchev–Trinajstić information content (AvgIpc) is 2.45. The van der Waals surface area contributed by atoms with Crippen LogP contribution in [0, 0.1) is 11.8 Å². The predicted molar refractivity (Wildman–Crippen MR) is 86.7 cm³/mol. The van der Waals surface area contributed by atoms with Gasteiger partial charge in [0.1, 0.15) is 0 Å². The van der Waals surface area contributed by atoms with Crippen LogP contribution in [0.1, 0.15) is 33.1 Å². The molecule has 1 aromatic rings. The van der Waals surface area contributed by atoms with Crippen molar-refractivity contribution in [2.24, 2.45) is 11.8 Å². The van der Waals surface area contributed by atoms with Gasteiger partial charge in [0.25, 0.3) is 0 Å². The molecular weight excluding hydrogens is 286 g/mol. The highest BCUT2D eigenvalue weighted by Gasteiger charge is 2.27. The van der Waals surface area contributed by atoms with Gasteiger partial charge in [-0.2, -0.15) is 0 Å². The number of rotatable bonds is 4. The zero-order valence-corrected chi connectivity index (χ0v) is 13.7. The lowest BCUT2D eigenvalue weighted by Crippen LogP contribution is -2.35. The van der Waals surface area contributed by atoms with E-state index in [0.29, 0.717) is 23.6 Å². The van der Waals surface area contributed by atoms with Crippen molar-refractivity contribution in [2.45, 2.75) is 44.0 Å². The minimum atomic E-state index is -3.45. The summed E-state index contributed by atoms with van der Waals surface area (Å²) in [5.41, 5.74) is 7.30. The molecule has 0 saturated heterocycles. The Morgan fingerprint density at radius 2 is 1.95 bits per heavy atom. The third kappa shape index (κ3) is 3.49. The van der Waals surface area contributed by atoms with Crippen molar-refractivity contribution in [1.29, 1.82) is 0 Å². The monoisotopic (exact) mass is 311 g/mol. The number of nitrogens with one attached hydrogen (secondary N) is 2. The Morgan fingerprint density at radius 1 is 1.24 bits per heavy atom. The maximum Gasteiger partial charge on any atom is 0.240 e. The first-order valence-electron chi connectivity index (χ1n) is 7.44. The van der Waals surface area contributed by atoms with Crippen molar-refractivity contribution in [1.82, 2.24) is 4.72 Å². The Balaban J connectivity index is 2.18. The second kappa shape index (κ2) is 6.23. The summed E-state index contributed by atoms with van der Waals surface area (Å²) in [5.74, 6) is 1.28. The first-order chi connectivity index (χ1) is 9.85. The molecule has 1 fully saturated rings. The Hall–Kier alpha value is -1.27. The molecule has 118 valence electrons. The average molecular weight is 311 g/mol. The number of hydrogen-bond acceptors (Lipinski definition) is 4. The van der Waals surface area contributed by atoms with Crippen LogP contribution in [-0.2, 0) is 10.0 Å². The molecule has 3 unspecified atom stereocenters. The molecule has 2 rings (SSSR count). The molecule has 0 spiro atoms. The molecule has 0 heterocycles. The van der Waals surface area contributed by atoms with E-state index in [-0.39, 0.29) is 4.90 Å². The van der Waals surface area contributed by atoms with Crippen LogP contribution in [0.4, 0.5) is 11.4 Å². The molecule has 1 saturated carbocycles. The highest BCUT2D eigenvalue weighted by atomic mass is 32.2. The molecule has 0 radical (unpaired) electrons. The normalized spacial score (nSPS) is 26.5. The van der Waals surface area contributed by atoms with Crippen LogP contribution in [-0.4, -0.2) is 21.5 Å². The summed E-state index contributed by atoms with van der Waals surface area (Å²) < 4.78 is 25.8. The molecule has 0 amide bonds. The van der Waals surface area contributed by atoms with Gasteiger partial charge >= 0.3 is 0 Å². The molecule has 0 aromatic heterocycles. The van der Waals surface area contributed by atoms with Crippen LogP contribution in [0.2, 0.25) is 0 Å². The number of sulfonamides is 1. The van der Waals surface area contributed by atoms with Crippen molar-refractivity contribution in [3.05, 3.63) is 18.2 Å². The van der Waals surface area contributed by atoms with Gasteiger partial charge in [-0.1, -0.05) is 26.7 Å². The van der Waals surface area contributed by atoms with Crippen LogP contribution in [0.5, 0.6) is 0 Å². The summed E-state index contributed by atoms with van der Waals surface area (Å²) in [7, 11) is -2.06. The first kappa shape index (κ1) is 16.1. The molecule has 1 aliphatic carbocycles. The van der Waals surface area contributed by atoms with Crippen molar-refractivity contribution in [3.8, 4) is 0 Å². The smallest absolute Gasteiger partial charge is 0.240 e. The Morgan fingerprint density at radius 3 is 2.57 bits per heavy atom. The zero-order chi connectivity index (χ0) is 15.6. The number of nitrogens with two attached hydrogens (primary N) is 1. The van der Waals surface area contributed by atoms with Crippen molar-refractivity contribution < 1.29 is 8.42 Å². The van der Waals surface area contributed by atoms with E-state index in [0.717, 1.165) is 12.1 Å². The van der Waals surface area contributed by atoms with Crippen molar-refractivity contribution >= 4 is 21.4 Å². The molecule has 0 bridgehead atoms. The summed E-state index contributed by atoms with van der Waals surface area (Å²) in [5, 5.41) is 3.49. The van der Waals surface area contributed by atoms with E-state index < -0.39 is 10.0 Å². The van der Waals surface area contributed by atoms with Gasteiger partial charge in [0.05, 0.1) is 16.3 Å². The van der Waals surface area contributed by atoms with Crippen molar-refractivity contribution in [3.63, 3.8) is 0 Å². The summed E-state index contributed by atoms with van der Waals surface area (Å²) in [6.45, 7) is 4.54. The van der Waals surface area contributed by atoms with E-state index in [2.05, 4.69) is 23.9 Å². The van der Waals surface area contributed by atoms with Crippen LogP contribution >= 0.6 is 0 Å². The molecule has 0 aliphatic heterocycles. The third-order valence-corrected chi connectivity index (χ3v) is 6.06. The number of nitrogen functional groups attached to an aromatic ring is 1. The van der Waals surface area contributed by atoms with E-state index in [1.165, 1.54) is 26.0 Å². The molecule has 6 heteroatoms. The highest BCUT2D eigenvalue weighted by molar-refractivity contribution is 7.89. The summed E-state index contributed by atoms with van der Waals surface area (Å²) in [4.78, 5) is 0.193. The fourth-order valence-corrected chi connectivity index (χ4v) is 3.71. The standard InChI is InChI=1S/C15H25N3O2S/c1-10-5-4-6-14(11(10)2)18-15-8-7-12(9-13(15)16)21(19,20)17-3/h7-11,14,17-18H,4-6,16H2,1-3H3. The van der Waals surface area contributed by atoms with Crippen LogP contribution in [0.25, 0.3) is 0 Å². The highest BCUT2D eigenvalue weighted by Crippen LogP contribution is 2.33. The Bertz CT molecular complexity index is 601. The van der Waals surface area contributed by atoms with Gasteiger partial charge in [-0.25, -0.2) is 13.1 Å². The van der Waals surface area contributed by atoms with Crippen LogP contribution in [0.15, 0.2) is 23.1 Å². The van der Waals surface area contributed by atoms with E-state index in [4.69, 9.17) is 5.73 Å². The molecule has 3 atom stereocenters. The van der Waals surface area contributed by atoms with E-state index in [9.17, 15) is 8.42 Å². The van der Waals surface area contributed by atoms with Gasteiger partial charge in [0.15, 0.2) is 0 Å². The van der Waals surface area contributed by atoms with Gasteiger partial charge in [-0.15, -0.1) is 0 Å². The number of anilines is 2. The van der Waals surface area contributed by atoms with Gasteiger partial charge in [0.2, 0.25) is 10.0 Å². The molecule has 1 aromatic carbocycles. The zero-order valence-electron chi connectivity index (χ0n) is 12.9. The van der Waals surface area contributed by atoms with E-state index >= 15 is 0 Å². The number of hydrogen-bond donors (Lipinski definition) is 3.